The van der Waals surface area contributed by atoms with E-state index in [1.54, 1.807) is 0 Å². The first-order valence-electron chi connectivity index (χ1n) is 8.97. The van der Waals surface area contributed by atoms with Gasteiger partial charge in [-0.15, -0.1) is 0 Å². The van der Waals surface area contributed by atoms with Crippen LogP contribution in [0.4, 0.5) is 0 Å². The number of aromatic amines is 1. The van der Waals surface area contributed by atoms with Gasteiger partial charge in [0, 0.05) is 42.7 Å². The Labute approximate surface area is 142 Å². The molecule has 0 saturated carbocycles. The van der Waals surface area contributed by atoms with Gasteiger partial charge in [0.2, 0.25) is 5.91 Å². The molecule has 128 valence electrons. The Hall–Kier alpha value is -1.85. The summed E-state index contributed by atoms with van der Waals surface area (Å²) in [5.74, 6) is 0.104. The largest absolute Gasteiger partial charge is 0.373 e. The van der Waals surface area contributed by atoms with Crippen LogP contribution in [0.15, 0.2) is 30.5 Å². The zero-order valence-electron chi connectivity index (χ0n) is 14.0. The number of nitrogens with zero attached hydrogens (tertiary/aromatic N) is 1. The molecule has 2 aliphatic rings. The van der Waals surface area contributed by atoms with Gasteiger partial charge in [-0.25, -0.2) is 0 Å². The summed E-state index contributed by atoms with van der Waals surface area (Å²) in [6, 6.07) is 8.82. The molecule has 2 fully saturated rings. The van der Waals surface area contributed by atoms with Crippen LogP contribution in [-0.4, -0.2) is 54.2 Å². The van der Waals surface area contributed by atoms with Crippen molar-refractivity contribution in [3.05, 3.63) is 36.0 Å². The molecule has 5 nitrogen and oxygen atoms in total. The standard InChI is InChI=1S/C19H25N3O2/c23-19(8-7-14-10-20-18-6-2-1-5-17(14)18)21-11-16-12-22-9-3-4-15(22)13-24-16/h1-2,5-6,10,15-16,20H,3-4,7-9,11-13H2,(H,21,23)/t15-,16-/m0/s1. The number of hydrogen-bond acceptors (Lipinski definition) is 3. The van der Waals surface area contributed by atoms with Crippen molar-refractivity contribution in [2.75, 3.05) is 26.2 Å². The predicted molar refractivity (Wildman–Crippen MR) is 94.0 cm³/mol. The van der Waals surface area contributed by atoms with Crippen molar-refractivity contribution in [2.24, 2.45) is 0 Å². The molecule has 2 atom stereocenters. The number of benzene rings is 1. The van der Waals surface area contributed by atoms with Gasteiger partial charge in [0.15, 0.2) is 0 Å². The first-order valence-corrected chi connectivity index (χ1v) is 8.97. The fourth-order valence-corrected chi connectivity index (χ4v) is 3.91. The molecule has 0 spiro atoms. The lowest BCUT2D eigenvalue weighted by atomic mass is 10.1. The highest BCUT2D eigenvalue weighted by Crippen LogP contribution is 2.22. The maximum Gasteiger partial charge on any atom is 0.220 e. The minimum Gasteiger partial charge on any atom is -0.373 e. The molecule has 5 heteroatoms. The molecule has 0 bridgehead atoms. The topological polar surface area (TPSA) is 57.4 Å². The lowest BCUT2D eigenvalue weighted by Gasteiger charge is -2.35. The minimum absolute atomic E-state index is 0.104. The number of nitrogens with one attached hydrogen (secondary N) is 2. The normalized spacial score (nSPS) is 24.2. The third-order valence-corrected chi connectivity index (χ3v) is 5.28. The van der Waals surface area contributed by atoms with E-state index in [1.165, 1.54) is 30.3 Å². The van der Waals surface area contributed by atoms with Crippen molar-refractivity contribution < 1.29 is 9.53 Å². The first kappa shape index (κ1) is 15.7. The summed E-state index contributed by atoms with van der Waals surface area (Å²) >= 11 is 0. The van der Waals surface area contributed by atoms with Crippen molar-refractivity contribution in [2.45, 2.75) is 37.8 Å². The maximum absolute atomic E-state index is 12.2. The number of hydrogen-bond donors (Lipinski definition) is 2. The number of amides is 1. The summed E-state index contributed by atoms with van der Waals surface area (Å²) < 4.78 is 5.89. The summed E-state index contributed by atoms with van der Waals surface area (Å²) in [7, 11) is 0. The van der Waals surface area contributed by atoms with Crippen LogP contribution >= 0.6 is 0 Å². The highest BCUT2D eigenvalue weighted by Gasteiger charge is 2.32. The van der Waals surface area contributed by atoms with Crippen LogP contribution in [0.1, 0.15) is 24.8 Å². The van der Waals surface area contributed by atoms with Crippen molar-refractivity contribution >= 4 is 16.8 Å². The van der Waals surface area contributed by atoms with Crippen LogP contribution in [-0.2, 0) is 16.0 Å². The van der Waals surface area contributed by atoms with Crippen LogP contribution in [0.3, 0.4) is 0 Å². The van der Waals surface area contributed by atoms with Gasteiger partial charge in [0.1, 0.15) is 0 Å². The molecule has 24 heavy (non-hydrogen) atoms. The molecule has 0 radical (unpaired) electrons. The molecule has 1 aromatic carbocycles. The molecular formula is C19H25N3O2. The van der Waals surface area contributed by atoms with Gasteiger partial charge in [0.05, 0.1) is 12.7 Å². The van der Waals surface area contributed by atoms with E-state index in [0.29, 0.717) is 19.0 Å². The van der Waals surface area contributed by atoms with Crippen molar-refractivity contribution in [1.82, 2.24) is 15.2 Å². The van der Waals surface area contributed by atoms with Gasteiger partial charge < -0.3 is 15.0 Å². The number of carbonyl (C=O) groups excluding carboxylic acids is 1. The van der Waals surface area contributed by atoms with Crippen molar-refractivity contribution in [3.8, 4) is 0 Å². The van der Waals surface area contributed by atoms with E-state index in [9.17, 15) is 4.79 Å². The number of fused-ring (bicyclic) bond motifs is 2. The Kier molecular flexibility index (Phi) is 4.54. The number of morpholine rings is 1. The van der Waals surface area contributed by atoms with Crippen molar-refractivity contribution in [3.63, 3.8) is 0 Å². The number of aryl methyl sites for hydroxylation is 1. The molecule has 0 unspecified atom stereocenters. The monoisotopic (exact) mass is 327 g/mol. The highest BCUT2D eigenvalue weighted by atomic mass is 16.5. The van der Waals surface area contributed by atoms with Crippen LogP contribution < -0.4 is 5.32 Å². The number of carbonyl (C=O) groups is 1. The third-order valence-electron chi connectivity index (χ3n) is 5.28. The Morgan fingerprint density at radius 1 is 1.38 bits per heavy atom. The number of rotatable bonds is 5. The summed E-state index contributed by atoms with van der Waals surface area (Å²) in [6.45, 7) is 3.57. The van der Waals surface area contributed by atoms with Crippen LogP contribution in [0.2, 0.25) is 0 Å². The van der Waals surface area contributed by atoms with E-state index >= 15 is 0 Å². The molecule has 3 heterocycles. The van der Waals surface area contributed by atoms with E-state index < -0.39 is 0 Å². The summed E-state index contributed by atoms with van der Waals surface area (Å²) in [6.07, 6.45) is 5.95. The second-order valence-corrected chi connectivity index (χ2v) is 6.91. The molecule has 2 N–H and O–H groups in total. The highest BCUT2D eigenvalue weighted by molar-refractivity contribution is 5.84. The molecule has 0 aliphatic carbocycles. The molecule has 4 rings (SSSR count). The lowest BCUT2D eigenvalue weighted by molar-refractivity contribution is -0.122. The van der Waals surface area contributed by atoms with Gasteiger partial charge in [-0.1, -0.05) is 18.2 Å². The predicted octanol–water partition coefficient (Wildman–Crippen LogP) is 2.08. The Bertz CT molecular complexity index is 711. The van der Waals surface area contributed by atoms with Crippen LogP contribution in [0.5, 0.6) is 0 Å². The van der Waals surface area contributed by atoms with E-state index in [4.69, 9.17) is 4.74 Å². The number of aromatic nitrogens is 1. The summed E-state index contributed by atoms with van der Waals surface area (Å²) in [4.78, 5) is 17.9. The van der Waals surface area contributed by atoms with E-state index in [-0.39, 0.29) is 12.0 Å². The average Bonchev–Trinajstić information content (AvgIpc) is 3.24. The fourth-order valence-electron chi connectivity index (χ4n) is 3.91. The number of H-pyrrole nitrogens is 1. The van der Waals surface area contributed by atoms with E-state index in [2.05, 4.69) is 27.3 Å². The van der Waals surface area contributed by atoms with Crippen LogP contribution in [0.25, 0.3) is 10.9 Å². The fraction of sp³-hybridized carbons (Fsp3) is 0.526. The second kappa shape index (κ2) is 6.95. The SMILES string of the molecule is O=C(CCc1c[nH]c2ccccc12)NC[C@H]1CN2CCC[C@H]2CO1. The summed E-state index contributed by atoms with van der Waals surface area (Å²) in [5.41, 5.74) is 2.33. The molecule has 1 aromatic heterocycles. The Morgan fingerprint density at radius 2 is 2.29 bits per heavy atom. The third kappa shape index (κ3) is 3.32. The maximum atomic E-state index is 12.2. The van der Waals surface area contributed by atoms with Gasteiger partial charge in [-0.2, -0.15) is 0 Å². The van der Waals surface area contributed by atoms with Gasteiger partial charge in [-0.05, 0) is 37.4 Å². The van der Waals surface area contributed by atoms with Gasteiger partial charge >= 0.3 is 0 Å². The number of ether oxygens (including phenoxy) is 1. The number of para-hydroxylation sites is 1. The zero-order valence-corrected chi connectivity index (χ0v) is 14.0. The molecule has 2 aliphatic heterocycles. The van der Waals surface area contributed by atoms with Gasteiger partial charge in [0.25, 0.3) is 0 Å². The van der Waals surface area contributed by atoms with Gasteiger partial charge in [-0.3, -0.25) is 9.69 Å². The van der Waals surface area contributed by atoms with E-state index in [0.717, 1.165) is 25.1 Å². The smallest absolute Gasteiger partial charge is 0.220 e. The molecule has 1 amide bonds. The lowest BCUT2D eigenvalue weighted by Crippen LogP contribution is -2.50. The minimum atomic E-state index is 0.104. The molecular weight excluding hydrogens is 302 g/mol. The Balaban J connectivity index is 1.24. The molecule has 2 aromatic rings. The zero-order chi connectivity index (χ0) is 16.4. The van der Waals surface area contributed by atoms with Crippen molar-refractivity contribution in [1.29, 1.82) is 0 Å². The van der Waals surface area contributed by atoms with Crippen LogP contribution in [0, 0.1) is 0 Å². The quantitative estimate of drug-likeness (QED) is 0.884. The Morgan fingerprint density at radius 3 is 3.25 bits per heavy atom. The van der Waals surface area contributed by atoms with E-state index in [1.807, 2.05) is 18.3 Å². The molecule has 2 saturated heterocycles. The first-order chi connectivity index (χ1) is 11.8. The summed E-state index contributed by atoms with van der Waals surface area (Å²) in [5, 5.41) is 4.25. The average molecular weight is 327 g/mol. The second-order valence-electron chi connectivity index (χ2n) is 6.91.